The Bertz CT molecular complexity index is 1010. The van der Waals surface area contributed by atoms with E-state index in [0.29, 0.717) is 13.2 Å². The zero-order valence-electron chi connectivity index (χ0n) is 20.9. The Labute approximate surface area is 210 Å². The van der Waals surface area contributed by atoms with Gasteiger partial charge in [0.2, 0.25) is 0 Å². The first-order chi connectivity index (χ1) is 17.0. The Balaban J connectivity index is 1.45. The van der Waals surface area contributed by atoms with Gasteiger partial charge in [-0.3, -0.25) is 0 Å². The number of carbonyl (C=O) groups is 1. The van der Waals surface area contributed by atoms with Crippen molar-refractivity contribution in [2.45, 2.75) is 51.0 Å². The normalized spacial score (nSPS) is 20.9. The fraction of sp³-hybridized carbons (Fsp3) is 0.367. The monoisotopic (exact) mass is 488 g/mol. The van der Waals surface area contributed by atoms with E-state index in [2.05, 4.69) is 81.4 Å². The van der Waals surface area contributed by atoms with E-state index in [1.54, 1.807) is 0 Å². The number of ether oxygens (including phenoxy) is 2. The molecule has 1 fully saturated rings. The highest BCUT2D eigenvalue weighted by molar-refractivity contribution is 6.99. The molecule has 5 heteroatoms. The fourth-order valence-electron chi connectivity index (χ4n) is 5.11. The molecule has 184 valence electrons. The SMILES string of the molecule is CC(C)(C)[Si](OCCC[C@@H]1CO[C@@H](c2ccccc2)O[C@H]1C=O)(c1ccccc1)c1ccccc1. The maximum Gasteiger partial charge on any atom is 0.261 e. The third kappa shape index (κ3) is 5.65. The summed E-state index contributed by atoms with van der Waals surface area (Å²) in [4.78, 5) is 11.8. The molecule has 0 unspecified atom stereocenters. The van der Waals surface area contributed by atoms with Gasteiger partial charge in [-0.15, -0.1) is 0 Å². The fourth-order valence-corrected chi connectivity index (χ4v) is 9.71. The maximum absolute atomic E-state index is 11.8. The van der Waals surface area contributed by atoms with E-state index >= 15 is 0 Å². The van der Waals surface area contributed by atoms with E-state index in [1.807, 2.05) is 30.3 Å². The van der Waals surface area contributed by atoms with Crippen molar-refractivity contribution in [2.24, 2.45) is 5.92 Å². The minimum absolute atomic E-state index is 0.0233. The molecule has 3 atom stereocenters. The van der Waals surface area contributed by atoms with Gasteiger partial charge in [0.25, 0.3) is 8.32 Å². The second kappa shape index (κ2) is 11.4. The second-order valence-electron chi connectivity index (χ2n) is 10.2. The molecule has 1 aliphatic rings. The van der Waals surface area contributed by atoms with Gasteiger partial charge < -0.3 is 18.7 Å². The van der Waals surface area contributed by atoms with Crippen molar-refractivity contribution in [2.75, 3.05) is 13.2 Å². The largest absolute Gasteiger partial charge is 0.407 e. The highest BCUT2D eigenvalue weighted by atomic mass is 28.4. The molecule has 0 amide bonds. The van der Waals surface area contributed by atoms with E-state index in [9.17, 15) is 4.79 Å². The summed E-state index contributed by atoms with van der Waals surface area (Å²) in [5.74, 6) is 0.0233. The molecular formula is C30H36O4Si. The molecule has 0 bridgehead atoms. The van der Waals surface area contributed by atoms with Crippen LogP contribution < -0.4 is 10.4 Å². The lowest BCUT2D eigenvalue weighted by Crippen LogP contribution is -2.66. The van der Waals surface area contributed by atoms with Crippen LogP contribution in [-0.2, 0) is 18.7 Å². The molecule has 3 aromatic carbocycles. The molecule has 1 heterocycles. The summed E-state index contributed by atoms with van der Waals surface area (Å²) in [6.07, 6.45) is 1.61. The van der Waals surface area contributed by atoms with Gasteiger partial charge in [-0.25, -0.2) is 0 Å². The molecule has 3 aromatic rings. The Morgan fingerprint density at radius 1 is 0.886 bits per heavy atom. The van der Waals surface area contributed by atoms with Crippen molar-refractivity contribution in [1.82, 2.24) is 0 Å². The molecule has 4 rings (SSSR count). The molecule has 0 aromatic heterocycles. The Morgan fingerprint density at radius 2 is 1.43 bits per heavy atom. The van der Waals surface area contributed by atoms with Gasteiger partial charge in [-0.1, -0.05) is 112 Å². The number of benzene rings is 3. The van der Waals surface area contributed by atoms with Gasteiger partial charge in [0.1, 0.15) is 12.4 Å². The van der Waals surface area contributed by atoms with E-state index in [-0.39, 0.29) is 11.0 Å². The smallest absolute Gasteiger partial charge is 0.261 e. The molecule has 0 saturated carbocycles. The van der Waals surface area contributed by atoms with E-state index in [4.69, 9.17) is 13.9 Å². The topological polar surface area (TPSA) is 44.8 Å². The standard InChI is InChI=1S/C30H36O4Si/c1-30(2,3)35(26-17-9-5-10-18-26,27-19-11-6-12-20-27)33-21-13-16-25-23-32-29(34-28(25)22-31)24-14-7-4-8-15-24/h4-12,14-15,17-20,22,25,28-29H,13,16,21,23H2,1-3H3/t25-,28+,29-/m1/s1. The van der Waals surface area contributed by atoms with Crippen LogP contribution in [0.15, 0.2) is 91.0 Å². The minimum Gasteiger partial charge on any atom is -0.407 e. The van der Waals surface area contributed by atoms with E-state index < -0.39 is 20.7 Å². The van der Waals surface area contributed by atoms with Crippen LogP contribution in [0, 0.1) is 5.92 Å². The van der Waals surface area contributed by atoms with Crippen molar-refractivity contribution in [1.29, 1.82) is 0 Å². The van der Waals surface area contributed by atoms with Crippen LogP contribution in [0.25, 0.3) is 0 Å². The summed E-state index contributed by atoms with van der Waals surface area (Å²) < 4.78 is 19.0. The van der Waals surface area contributed by atoms with Crippen LogP contribution in [0.3, 0.4) is 0 Å². The molecule has 4 nitrogen and oxygen atoms in total. The summed E-state index contributed by atoms with van der Waals surface area (Å²) in [6, 6.07) is 31.1. The van der Waals surface area contributed by atoms with Crippen LogP contribution in [0.4, 0.5) is 0 Å². The Hall–Kier alpha value is -2.57. The zero-order valence-corrected chi connectivity index (χ0v) is 21.9. The predicted octanol–water partition coefficient (Wildman–Crippen LogP) is 5.27. The lowest BCUT2D eigenvalue weighted by Gasteiger charge is -2.43. The van der Waals surface area contributed by atoms with Gasteiger partial charge in [0, 0.05) is 18.1 Å². The minimum atomic E-state index is -2.55. The lowest BCUT2D eigenvalue weighted by atomic mass is 9.97. The molecule has 1 aliphatic heterocycles. The number of hydrogen-bond donors (Lipinski definition) is 0. The first-order valence-electron chi connectivity index (χ1n) is 12.5. The number of carbonyl (C=O) groups excluding carboxylic acids is 1. The number of rotatable bonds is 9. The summed E-state index contributed by atoms with van der Waals surface area (Å²) in [6.45, 7) is 7.98. The average molecular weight is 489 g/mol. The third-order valence-corrected chi connectivity index (χ3v) is 11.9. The van der Waals surface area contributed by atoms with Crippen LogP contribution in [-0.4, -0.2) is 33.9 Å². The zero-order chi connectivity index (χ0) is 24.7. The van der Waals surface area contributed by atoms with Gasteiger partial charge in [-0.05, 0) is 28.3 Å². The van der Waals surface area contributed by atoms with Crippen molar-refractivity contribution in [3.63, 3.8) is 0 Å². The molecule has 1 saturated heterocycles. The number of aldehydes is 1. The van der Waals surface area contributed by atoms with E-state index in [0.717, 1.165) is 24.7 Å². The Kier molecular flexibility index (Phi) is 8.34. The summed E-state index contributed by atoms with van der Waals surface area (Å²) in [5, 5.41) is 2.50. The lowest BCUT2D eigenvalue weighted by molar-refractivity contribution is -0.233. The van der Waals surface area contributed by atoms with Crippen LogP contribution in [0.2, 0.25) is 5.04 Å². The first-order valence-corrected chi connectivity index (χ1v) is 14.4. The van der Waals surface area contributed by atoms with Crippen LogP contribution in [0.5, 0.6) is 0 Å². The highest BCUT2D eigenvalue weighted by Crippen LogP contribution is 2.37. The van der Waals surface area contributed by atoms with Gasteiger partial charge in [0.05, 0.1) is 6.61 Å². The second-order valence-corrected chi connectivity index (χ2v) is 14.5. The highest BCUT2D eigenvalue weighted by Gasteiger charge is 2.50. The quantitative estimate of drug-likeness (QED) is 0.234. The third-order valence-electron chi connectivity index (χ3n) is 6.87. The van der Waals surface area contributed by atoms with Crippen LogP contribution in [0.1, 0.15) is 45.5 Å². The maximum atomic E-state index is 11.8. The van der Waals surface area contributed by atoms with Crippen LogP contribution >= 0.6 is 0 Å². The van der Waals surface area contributed by atoms with E-state index in [1.165, 1.54) is 10.4 Å². The Morgan fingerprint density at radius 3 is 1.94 bits per heavy atom. The molecule has 0 aliphatic carbocycles. The summed E-state index contributed by atoms with van der Waals surface area (Å²) in [5.41, 5.74) is 0.938. The molecule has 0 N–H and O–H groups in total. The molecule has 0 radical (unpaired) electrons. The van der Waals surface area contributed by atoms with Crippen molar-refractivity contribution < 1.29 is 18.7 Å². The summed E-state index contributed by atoms with van der Waals surface area (Å²) in [7, 11) is -2.55. The first kappa shape index (κ1) is 25.5. The number of hydrogen-bond acceptors (Lipinski definition) is 4. The van der Waals surface area contributed by atoms with Crippen molar-refractivity contribution in [3.05, 3.63) is 96.6 Å². The molecule has 0 spiro atoms. The van der Waals surface area contributed by atoms with Crippen molar-refractivity contribution >= 4 is 25.0 Å². The average Bonchev–Trinajstić information content (AvgIpc) is 2.89. The van der Waals surface area contributed by atoms with Crippen molar-refractivity contribution in [3.8, 4) is 0 Å². The molecular weight excluding hydrogens is 452 g/mol. The predicted molar refractivity (Wildman–Crippen MR) is 142 cm³/mol. The summed E-state index contributed by atoms with van der Waals surface area (Å²) >= 11 is 0. The molecule has 35 heavy (non-hydrogen) atoms. The van der Waals surface area contributed by atoms with Gasteiger partial charge in [-0.2, -0.15) is 0 Å². The van der Waals surface area contributed by atoms with Gasteiger partial charge in [0.15, 0.2) is 6.29 Å². The van der Waals surface area contributed by atoms with Gasteiger partial charge >= 0.3 is 0 Å².